The first kappa shape index (κ1) is 15.6. The Morgan fingerprint density at radius 1 is 1.33 bits per heavy atom. The van der Waals surface area contributed by atoms with Crippen molar-refractivity contribution in [3.8, 4) is 0 Å². The van der Waals surface area contributed by atoms with Gasteiger partial charge in [0, 0.05) is 17.6 Å². The zero-order valence-electron chi connectivity index (χ0n) is 13.1. The highest BCUT2D eigenvalue weighted by molar-refractivity contribution is 5.97. The molecule has 2 aromatic rings. The molecule has 0 saturated carbocycles. The van der Waals surface area contributed by atoms with Gasteiger partial charge in [0.1, 0.15) is 0 Å². The van der Waals surface area contributed by atoms with Gasteiger partial charge in [0.25, 0.3) is 0 Å². The molecule has 0 fully saturated rings. The molecule has 0 radical (unpaired) electrons. The number of aromatic carboxylic acids is 1. The number of carboxylic acids is 1. The van der Waals surface area contributed by atoms with Crippen molar-refractivity contribution >= 4 is 16.9 Å². The average Bonchev–Trinajstić information content (AvgIpc) is 2.73. The van der Waals surface area contributed by atoms with Gasteiger partial charge in [-0.3, -0.25) is 0 Å². The van der Waals surface area contributed by atoms with Gasteiger partial charge in [0.2, 0.25) is 0 Å². The predicted molar refractivity (Wildman–Crippen MR) is 86.1 cm³/mol. The highest BCUT2D eigenvalue weighted by Gasteiger charge is 2.18. The normalized spacial score (nSPS) is 11.2. The Bertz CT molecular complexity index is 671. The van der Waals surface area contributed by atoms with Crippen LogP contribution in [0.3, 0.4) is 0 Å². The number of carbonyl (C=O) groups is 1. The summed E-state index contributed by atoms with van der Waals surface area (Å²) >= 11 is 0. The van der Waals surface area contributed by atoms with Gasteiger partial charge < -0.3 is 15.4 Å². The van der Waals surface area contributed by atoms with E-state index in [9.17, 15) is 9.90 Å². The van der Waals surface area contributed by atoms with Crippen LogP contribution in [0.5, 0.6) is 0 Å². The molecule has 0 amide bonds. The molecule has 4 nitrogen and oxygen atoms in total. The summed E-state index contributed by atoms with van der Waals surface area (Å²) < 4.78 is 2.32. The summed E-state index contributed by atoms with van der Waals surface area (Å²) in [4.78, 5) is 11.4. The number of nitrogens with two attached hydrogens (primary N) is 1. The van der Waals surface area contributed by atoms with Crippen molar-refractivity contribution in [3.63, 3.8) is 0 Å². The fourth-order valence-corrected chi connectivity index (χ4v) is 3.12. The largest absolute Gasteiger partial charge is 0.478 e. The number of hydrogen-bond acceptors (Lipinski definition) is 2. The van der Waals surface area contributed by atoms with Crippen molar-refractivity contribution in [2.45, 2.75) is 46.6 Å². The minimum absolute atomic E-state index is 0.367. The van der Waals surface area contributed by atoms with Gasteiger partial charge in [0.05, 0.1) is 11.1 Å². The molecule has 2 rings (SSSR count). The lowest BCUT2D eigenvalue weighted by Gasteiger charge is -2.10. The lowest BCUT2D eigenvalue weighted by atomic mass is 10.0. The van der Waals surface area contributed by atoms with Gasteiger partial charge in [0.15, 0.2) is 0 Å². The third kappa shape index (κ3) is 2.68. The molecular formula is C17H24N2O2. The van der Waals surface area contributed by atoms with Crippen molar-refractivity contribution in [2.24, 2.45) is 5.73 Å². The summed E-state index contributed by atoms with van der Waals surface area (Å²) in [5.41, 5.74) is 10.8. The lowest BCUT2D eigenvalue weighted by molar-refractivity contribution is 0.0697. The fourth-order valence-electron chi connectivity index (χ4n) is 3.12. The maximum absolute atomic E-state index is 11.4. The van der Waals surface area contributed by atoms with Gasteiger partial charge in [-0.2, -0.15) is 0 Å². The summed E-state index contributed by atoms with van der Waals surface area (Å²) in [6, 6.07) is 3.61. The molecule has 0 aliphatic carbocycles. The van der Waals surface area contributed by atoms with Crippen molar-refractivity contribution in [1.82, 2.24) is 4.57 Å². The van der Waals surface area contributed by atoms with E-state index in [0.29, 0.717) is 12.1 Å². The van der Waals surface area contributed by atoms with Gasteiger partial charge in [-0.05, 0) is 56.0 Å². The minimum atomic E-state index is -0.869. The molecule has 0 spiro atoms. The number of aryl methyl sites for hydroxylation is 2. The first-order valence-electron chi connectivity index (χ1n) is 7.63. The number of nitrogens with zero attached hydrogens (tertiary/aromatic N) is 1. The van der Waals surface area contributed by atoms with Crippen LogP contribution in [0.2, 0.25) is 0 Å². The number of rotatable bonds is 6. The van der Waals surface area contributed by atoms with E-state index >= 15 is 0 Å². The molecule has 0 unspecified atom stereocenters. The third-order valence-electron chi connectivity index (χ3n) is 4.09. The Kier molecular flexibility index (Phi) is 4.68. The lowest BCUT2D eigenvalue weighted by Crippen LogP contribution is -2.05. The smallest absolute Gasteiger partial charge is 0.335 e. The Labute approximate surface area is 125 Å². The molecule has 0 saturated heterocycles. The van der Waals surface area contributed by atoms with Crippen LogP contribution in [-0.4, -0.2) is 22.2 Å². The zero-order valence-corrected chi connectivity index (χ0v) is 13.1. The van der Waals surface area contributed by atoms with Crippen molar-refractivity contribution in [3.05, 3.63) is 34.5 Å². The maximum Gasteiger partial charge on any atom is 0.335 e. The monoisotopic (exact) mass is 288 g/mol. The van der Waals surface area contributed by atoms with E-state index < -0.39 is 5.97 Å². The summed E-state index contributed by atoms with van der Waals surface area (Å²) in [6.45, 7) is 7.87. The average molecular weight is 288 g/mol. The predicted octanol–water partition coefficient (Wildman–Crippen LogP) is 3.12. The molecule has 4 heteroatoms. The standard InChI is InChI=1S/C17H24N2O2/c1-4-8-19-11(3)14(6-7-18)15-10-13(17(20)21)9-12(5-2)16(15)19/h9-10H,4-8,18H2,1-3H3,(H,20,21). The summed E-state index contributed by atoms with van der Waals surface area (Å²) in [5, 5.41) is 10.4. The topological polar surface area (TPSA) is 68.2 Å². The Morgan fingerprint density at radius 2 is 2.05 bits per heavy atom. The van der Waals surface area contributed by atoms with Gasteiger partial charge in [-0.15, -0.1) is 0 Å². The van der Waals surface area contributed by atoms with E-state index in [1.807, 2.05) is 6.07 Å². The molecule has 3 N–H and O–H groups in total. The van der Waals surface area contributed by atoms with E-state index in [1.165, 1.54) is 16.8 Å². The van der Waals surface area contributed by atoms with Gasteiger partial charge in [-0.1, -0.05) is 13.8 Å². The molecule has 114 valence electrons. The first-order chi connectivity index (χ1) is 10.0. The van der Waals surface area contributed by atoms with E-state index in [4.69, 9.17) is 5.73 Å². The maximum atomic E-state index is 11.4. The van der Waals surface area contributed by atoms with Crippen LogP contribution < -0.4 is 5.73 Å². The zero-order chi connectivity index (χ0) is 15.6. The van der Waals surface area contributed by atoms with Gasteiger partial charge >= 0.3 is 5.97 Å². The highest BCUT2D eigenvalue weighted by Crippen LogP contribution is 2.31. The number of benzene rings is 1. The highest BCUT2D eigenvalue weighted by atomic mass is 16.4. The van der Waals surface area contributed by atoms with Crippen LogP contribution >= 0.6 is 0 Å². The number of hydrogen-bond donors (Lipinski definition) is 2. The van der Waals surface area contributed by atoms with Crippen LogP contribution in [0, 0.1) is 6.92 Å². The SMILES string of the molecule is CCCn1c(C)c(CCN)c2cc(C(=O)O)cc(CC)c21. The second-order valence-electron chi connectivity index (χ2n) is 5.44. The molecule has 0 bridgehead atoms. The van der Waals surface area contributed by atoms with Crippen LogP contribution in [0.1, 0.15) is 47.4 Å². The summed E-state index contributed by atoms with van der Waals surface area (Å²) in [5.74, 6) is -0.869. The first-order valence-corrected chi connectivity index (χ1v) is 7.63. The molecule has 1 aromatic heterocycles. The van der Waals surface area contributed by atoms with Crippen LogP contribution in [0.25, 0.3) is 10.9 Å². The minimum Gasteiger partial charge on any atom is -0.478 e. The molecule has 0 aliphatic heterocycles. The number of aromatic nitrogens is 1. The van der Waals surface area contributed by atoms with Crippen molar-refractivity contribution in [2.75, 3.05) is 6.54 Å². The van der Waals surface area contributed by atoms with Crippen LogP contribution in [-0.2, 0) is 19.4 Å². The third-order valence-corrected chi connectivity index (χ3v) is 4.09. The molecule has 0 aliphatic rings. The number of carboxylic acid groups (broad SMARTS) is 1. The Hall–Kier alpha value is -1.81. The quantitative estimate of drug-likeness (QED) is 0.858. The molecule has 0 atom stereocenters. The van der Waals surface area contributed by atoms with E-state index in [-0.39, 0.29) is 0 Å². The summed E-state index contributed by atoms with van der Waals surface area (Å²) in [6.07, 6.45) is 2.66. The molecule has 1 heterocycles. The second-order valence-corrected chi connectivity index (χ2v) is 5.44. The molecular weight excluding hydrogens is 264 g/mol. The van der Waals surface area contributed by atoms with E-state index in [1.54, 1.807) is 6.07 Å². The summed E-state index contributed by atoms with van der Waals surface area (Å²) in [7, 11) is 0. The van der Waals surface area contributed by atoms with Crippen molar-refractivity contribution < 1.29 is 9.90 Å². The van der Waals surface area contributed by atoms with Gasteiger partial charge in [-0.25, -0.2) is 4.79 Å². The molecule has 21 heavy (non-hydrogen) atoms. The second kappa shape index (κ2) is 6.31. The van der Waals surface area contributed by atoms with E-state index in [2.05, 4.69) is 25.3 Å². The van der Waals surface area contributed by atoms with E-state index in [0.717, 1.165) is 36.8 Å². The fraction of sp³-hybridized carbons (Fsp3) is 0.471. The molecule has 1 aromatic carbocycles. The van der Waals surface area contributed by atoms with Crippen molar-refractivity contribution in [1.29, 1.82) is 0 Å². The van der Waals surface area contributed by atoms with Crippen LogP contribution in [0.4, 0.5) is 0 Å². The number of fused-ring (bicyclic) bond motifs is 1. The van der Waals surface area contributed by atoms with Crippen LogP contribution in [0.15, 0.2) is 12.1 Å². The Balaban J connectivity index is 2.84. The Morgan fingerprint density at radius 3 is 2.57 bits per heavy atom.